The van der Waals surface area contributed by atoms with Crippen molar-refractivity contribution in [2.45, 2.75) is 6.54 Å². The number of nitrogens with zero attached hydrogens (tertiary/aromatic N) is 4. The fraction of sp³-hybridized carbons (Fsp3) is 0.250. The Balaban J connectivity index is 2.12. The molecule has 6 nitrogen and oxygen atoms in total. The summed E-state index contributed by atoms with van der Waals surface area (Å²) < 4.78 is 1.70. The summed E-state index contributed by atoms with van der Waals surface area (Å²) in [4.78, 5) is 17.7. The molecular weight excluding hydrogens is 230 g/mol. The highest BCUT2D eigenvalue weighted by Gasteiger charge is 2.15. The first-order chi connectivity index (χ1) is 8.58. The fourth-order valence-corrected chi connectivity index (χ4v) is 1.69. The number of carbonyl (C=O) groups excluding carboxylic acids is 1. The van der Waals surface area contributed by atoms with Gasteiger partial charge in [-0.05, 0) is 6.07 Å². The number of hydrogen-bond acceptors (Lipinski definition) is 4. The number of nitrogen functional groups attached to an aromatic ring is 1. The third kappa shape index (κ3) is 2.48. The highest BCUT2D eigenvalue weighted by Crippen LogP contribution is 2.12. The third-order valence-electron chi connectivity index (χ3n) is 2.61. The van der Waals surface area contributed by atoms with Crippen molar-refractivity contribution in [1.82, 2.24) is 19.7 Å². The van der Waals surface area contributed by atoms with Crippen LogP contribution in [0.2, 0.25) is 0 Å². The van der Waals surface area contributed by atoms with Crippen molar-refractivity contribution in [3.8, 4) is 0 Å². The van der Waals surface area contributed by atoms with E-state index in [0.717, 1.165) is 5.56 Å². The summed E-state index contributed by atoms with van der Waals surface area (Å²) in [7, 11) is 3.56. The van der Waals surface area contributed by atoms with Gasteiger partial charge < -0.3 is 10.6 Å². The van der Waals surface area contributed by atoms with E-state index in [0.29, 0.717) is 17.8 Å². The minimum atomic E-state index is -0.149. The van der Waals surface area contributed by atoms with Crippen LogP contribution in [0.25, 0.3) is 0 Å². The number of rotatable bonds is 3. The van der Waals surface area contributed by atoms with Crippen molar-refractivity contribution >= 4 is 11.6 Å². The average Bonchev–Trinajstić information content (AvgIpc) is 2.74. The summed E-state index contributed by atoms with van der Waals surface area (Å²) in [5.41, 5.74) is 7.58. The second-order valence-electron chi connectivity index (χ2n) is 4.15. The van der Waals surface area contributed by atoms with Crippen molar-refractivity contribution in [2.24, 2.45) is 7.05 Å². The maximum absolute atomic E-state index is 12.2. The Morgan fingerprint density at radius 1 is 1.50 bits per heavy atom. The first-order valence-electron chi connectivity index (χ1n) is 5.50. The van der Waals surface area contributed by atoms with Crippen molar-refractivity contribution in [2.75, 3.05) is 12.8 Å². The normalized spacial score (nSPS) is 10.3. The van der Waals surface area contributed by atoms with Crippen LogP contribution in [0.1, 0.15) is 15.9 Å². The maximum Gasteiger partial charge on any atom is 0.257 e. The van der Waals surface area contributed by atoms with E-state index in [2.05, 4.69) is 10.1 Å². The van der Waals surface area contributed by atoms with Gasteiger partial charge in [0, 0.05) is 50.5 Å². The smallest absolute Gasteiger partial charge is 0.257 e. The van der Waals surface area contributed by atoms with E-state index in [-0.39, 0.29) is 5.91 Å². The zero-order valence-electron chi connectivity index (χ0n) is 10.4. The Morgan fingerprint density at radius 3 is 2.89 bits per heavy atom. The van der Waals surface area contributed by atoms with E-state index in [1.165, 1.54) is 6.20 Å². The minimum absolute atomic E-state index is 0.149. The van der Waals surface area contributed by atoms with E-state index in [4.69, 9.17) is 5.73 Å². The lowest BCUT2D eigenvalue weighted by atomic mass is 10.2. The van der Waals surface area contributed by atoms with Crippen LogP contribution in [0.5, 0.6) is 0 Å². The standard InChI is InChI=1S/C12H15N5O/c1-16(7-9-5-15-17(2)8-9)12(18)10-6-14-4-3-11(10)13/h3-6,8H,7H2,1-2H3,(H2,13,14). The van der Waals surface area contributed by atoms with Gasteiger partial charge in [0.2, 0.25) is 0 Å². The molecule has 0 saturated carbocycles. The van der Waals surface area contributed by atoms with Gasteiger partial charge in [0.15, 0.2) is 0 Å². The lowest BCUT2D eigenvalue weighted by molar-refractivity contribution is 0.0785. The Hall–Kier alpha value is -2.37. The highest BCUT2D eigenvalue weighted by molar-refractivity contribution is 5.98. The summed E-state index contributed by atoms with van der Waals surface area (Å²) in [6.45, 7) is 0.487. The van der Waals surface area contributed by atoms with Crippen LogP contribution in [0.3, 0.4) is 0 Å². The molecule has 2 N–H and O–H groups in total. The summed E-state index contributed by atoms with van der Waals surface area (Å²) >= 11 is 0. The van der Waals surface area contributed by atoms with E-state index in [1.54, 1.807) is 35.1 Å². The van der Waals surface area contributed by atoms with Gasteiger partial charge in [-0.3, -0.25) is 14.5 Å². The molecule has 2 aromatic rings. The second-order valence-corrected chi connectivity index (χ2v) is 4.15. The molecule has 0 aliphatic carbocycles. The largest absolute Gasteiger partial charge is 0.398 e. The van der Waals surface area contributed by atoms with Gasteiger partial charge in [-0.2, -0.15) is 5.10 Å². The van der Waals surface area contributed by atoms with E-state index in [9.17, 15) is 4.79 Å². The van der Waals surface area contributed by atoms with Gasteiger partial charge in [0.05, 0.1) is 11.8 Å². The lowest BCUT2D eigenvalue weighted by Crippen LogP contribution is -2.27. The van der Waals surface area contributed by atoms with Gasteiger partial charge in [0.25, 0.3) is 5.91 Å². The first kappa shape index (κ1) is 12.1. The molecule has 0 aliphatic rings. The number of aromatic nitrogens is 3. The van der Waals surface area contributed by atoms with Crippen LogP contribution in [0.15, 0.2) is 30.9 Å². The fourth-order valence-electron chi connectivity index (χ4n) is 1.69. The molecule has 2 rings (SSSR count). The summed E-state index contributed by atoms with van der Waals surface area (Å²) in [5.74, 6) is -0.149. The Kier molecular flexibility index (Phi) is 3.27. The van der Waals surface area contributed by atoms with Crippen LogP contribution in [-0.4, -0.2) is 32.6 Å². The molecule has 0 radical (unpaired) electrons. The molecule has 0 fully saturated rings. The van der Waals surface area contributed by atoms with Crippen molar-refractivity contribution in [3.63, 3.8) is 0 Å². The van der Waals surface area contributed by atoms with Crippen LogP contribution >= 0.6 is 0 Å². The Morgan fingerprint density at radius 2 is 2.28 bits per heavy atom. The van der Waals surface area contributed by atoms with Crippen molar-refractivity contribution in [3.05, 3.63) is 42.0 Å². The van der Waals surface area contributed by atoms with E-state index in [1.807, 2.05) is 13.2 Å². The molecule has 1 amide bonds. The van der Waals surface area contributed by atoms with E-state index >= 15 is 0 Å². The molecule has 94 valence electrons. The van der Waals surface area contributed by atoms with Crippen LogP contribution in [0, 0.1) is 0 Å². The van der Waals surface area contributed by atoms with Crippen LogP contribution < -0.4 is 5.73 Å². The van der Waals surface area contributed by atoms with Crippen LogP contribution in [0.4, 0.5) is 5.69 Å². The number of nitrogens with two attached hydrogens (primary N) is 1. The Labute approximate surface area is 105 Å². The van der Waals surface area contributed by atoms with E-state index < -0.39 is 0 Å². The molecule has 0 aromatic carbocycles. The van der Waals surface area contributed by atoms with Crippen molar-refractivity contribution in [1.29, 1.82) is 0 Å². The molecule has 0 bridgehead atoms. The number of pyridine rings is 1. The van der Waals surface area contributed by atoms with Gasteiger partial charge in [0.1, 0.15) is 0 Å². The quantitative estimate of drug-likeness (QED) is 0.862. The molecule has 0 spiro atoms. The van der Waals surface area contributed by atoms with Crippen molar-refractivity contribution < 1.29 is 4.79 Å². The SMILES string of the molecule is CN(Cc1cnn(C)c1)C(=O)c1cnccc1N. The predicted molar refractivity (Wildman–Crippen MR) is 67.7 cm³/mol. The predicted octanol–water partition coefficient (Wildman–Crippen LogP) is 0.670. The highest BCUT2D eigenvalue weighted by atomic mass is 16.2. The van der Waals surface area contributed by atoms with Gasteiger partial charge in [-0.1, -0.05) is 0 Å². The third-order valence-corrected chi connectivity index (χ3v) is 2.61. The zero-order chi connectivity index (χ0) is 13.1. The number of aryl methyl sites for hydroxylation is 1. The molecule has 18 heavy (non-hydrogen) atoms. The maximum atomic E-state index is 12.2. The molecule has 0 saturated heterocycles. The summed E-state index contributed by atoms with van der Waals surface area (Å²) in [5, 5.41) is 4.06. The molecule has 2 heterocycles. The molecule has 0 aliphatic heterocycles. The lowest BCUT2D eigenvalue weighted by Gasteiger charge is -2.16. The molecule has 0 unspecified atom stereocenters. The number of amides is 1. The monoisotopic (exact) mass is 245 g/mol. The number of carbonyl (C=O) groups is 1. The van der Waals surface area contributed by atoms with Gasteiger partial charge in [-0.15, -0.1) is 0 Å². The van der Waals surface area contributed by atoms with Gasteiger partial charge in [-0.25, -0.2) is 0 Å². The Bertz CT molecular complexity index is 563. The summed E-state index contributed by atoms with van der Waals surface area (Å²) in [6.07, 6.45) is 6.65. The summed E-state index contributed by atoms with van der Waals surface area (Å²) in [6, 6.07) is 1.62. The van der Waals surface area contributed by atoms with Gasteiger partial charge >= 0.3 is 0 Å². The topological polar surface area (TPSA) is 77.0 Å². The minimum Gasteiger partial charge on any atom is -0.398 e. The number of hydrogen-bond donors (Lipinski definition) is 1. The van der Waals surface area contributed by atoms with Crippen LogP contribution in [-0.2, 0) is 13.6 Å². The molecule has 2 aromatic heterocycles. The molecular formula is C12H15N5O. The second kappa shape index (κ2) is 4.87. The molecule has 0 atom stereocenters. The first-order valence-corrected chi connectivity index (χ1v) is 5.50. The zero-order valence-corrected chi connectivity index (χ0v) is 10.4. The number of anilines is 1. The molecule has 6 heteroatoms. The average molecular weight is 245 g/mol.